The van der Waals surface area contributed by atoms with Crippen molar-refractivity contribution < 1.29 is 28.6 Å². The monoisotopic (exact) mass is 419 g/mol. The van der Waals surface area contributed by atoms with Crippen molar-refractivity contribution in [3.05, 3.63) is 83.3 Å². The highest BCUT2D eigenvalue weighted by Crippen LogP contribution is 2.43. The van der Waals surface area contributed by atoms with E-state index in [4.69, 9.17) is 13.9 Å². The first-order valence-corrected chi connectivity index (χ1v) is 9.59. The van der Waals surface area contributed by atoms with Gasteiger partial charge in [0.2, 0.25) is 0 Å². The van der Waals surface area contributed by atoms with E-state index < -0.39 is 17.7 Å². The van der Waals surface area contributed by atoms with Crippen LogP contribution in [0.4, 0.5) is 5.69 Å². The lowest BCUT2D eigenvalue weighted by atomic mass is 9.98. The third-order valence-electron chi connectivity index (χ3n) is 5.26. The van der Waals surface area contributed by atoms with Gasteiger partial charge in [-0.25, -0.2) is 0 Å². The van der Waals surface area contributed by atoms with E-state index in [1.807, 2.05) is 6.92 Å². The van der Waals surface area contributed by atoms with Crippen LogP contribution in [0.15, 0.2) is 70.9 Å². The molecule has 1 aromatic heterocycles. The Hall–Kier alpha value is -4.00. The largest absolute Gasteiger partial charge is 0.507 e. The number of carbonyl (C=O) groups is 2. The van der Waals surface area contributed by atoms with Crippen molar-refractivity contribution in [3.63, 3.8) is 0 Å². The third-order valence-corrected chi connectivity index (χ3v) is 5.26. The van der Waals surface area contributed by atoms with Crippen molar-refractivity contribution in [1.29, 1.82) is 0 Å². The molecule has 1 atom stereocenters. The molecule has 0 bridgehead atoms. The summed E-state index contributed by atoms with van der Waals surface area (Å²) < 4.78 is 16.1. The zero-order valence-corrected chi connectivity index (χ0v) is 17.3. The lowest BCUT2D eigenvalue weighted by molar-refractivity contribution is -0.132. The van der Waals surface area contributed by atoms with Crippen molar-refractivity contribution in [2.45, 2.75) is 13.0 Å². The Morgan fingerprint density at radius 2 is 1.84 bits per heavy atom. The number of methoxy groups -OCH3 is 2. The predicted molar refractivity (Wildman–Crippen MR) is 114 cm³/mol. The van der Waals surface area contributed by atoms with Crippen LogP contribution in [0.3, 0.4) is 0 Å². The maximum Gasteiger partial charge on any atom is 0.300 e. The second kappa shape index (κ2) is 8.02. The van der Waals surface area contributed by atoms with Gasteiger partial charge < -0.3 is 19.0 Å². The number of furan rings is 1. The maximum atomic E-state index is 13.1. The molecule has 1 N–H and O–H groups in total. The first-order chi connectivity index (χ1) is 15.0. The number of ketones is 1. The molecule has 7 heteroatoms. The third kappa shape index (κ3) is 3.44. The number of amides is 1. The molecule has 2 aromatic carbocycles. The number of ether oxygens (including phenoxy) is 2. The van der Waals surface area contributed by atoms with Crippen LogP contribution in [0, 0.1) is 6.92 Å². The number of benzene rings is 2. The van der Waals surface area contributed by atoms with E-state index in [2.05, 4.69) is 0 Å². The maximum absolute atomic E-state index is 13.1. The van der Waals surface area contributed by atoms with E-state index >= 15 is 0 Å². The molecule has 31 heavy (non-hydrogen) atoms. The van der Waals surface area contributed by atoms with Gasteiger partial charge in [0.15, 0.2) is 0 Å². The summed E-state index contributed by atoms with van der Waals surface area (Å²) in [5, 5.41) is 11.1. The van der Waals surface area contributed by atoms with Crippen LogP contribution >= 0.6 is 0 Å². The van der Waals surface area contributed by atoms with E-state index in [-0.39, 0.29) is 11.3 Å². The fourth-order valence-electron chi connectivity index (χ4n) is 3.76. The van der Waals surface area contributed by atoms with Gasteiger partial charge in [0, 0.05) is 17.3 Å². The number of carbonyl (C=O) groups excluding carboxylic acids is 2. The molecule has 1 fully saturated rings. The Balaban J connectivity index is 1.91. The van der Waals surface area contributed by atoms with Crippen LogP contribution in [-0.2, 0) is 9.59 Å². The molecular weight excluding hydrogens is 398 g/mol. The molecule has 1 aliphatic heterocycles. The lowest BCUT2D eigenvalue weighted by Gasteiger charge is -2.23. The standard InChI is InChI=1S/C24H21NO6/c1-14-12-15(9-10-18(14)30-3)22(26)20-21(19-8-5-11-31-19)25(24(28)23(20)27)16-6-4-7-17(13-16)29-2/h4-13,21,26H,1-3H3/b22-20-. The van der Waals surface area contributed by atoms with E-state index in [1.165, 1.54) is 18.3 Å². The van der Waals surface area contributed by atoms with Gasteiger partial charge in [0.05, 0.1) is 26.1 Å². The number of hydrogen-bond acceptors (Lipinski definition) is 6. The fourth-order valence-corrected chi connectivity index (χ4v) is 3.76. The number of Topliss-reactive ketones (excluding diaryl/α,β-unsaturated/α-hetero) is 1. The van der Waals surface area contributed by atoms with Gasteiger partial charge in [-0.3, -0.25) is 14.5 Å². The highest BCUT2D eigenvalue weighted by molar-refractivity contribution is 6.51. The summed E-state index contributed by atoms with van der Waals surface area (Å²) in [6.07, 6.45) is 1.46. The summed E-state index contributed by atoms with van der Waals surface area (Å²) in [7, 11) is 3.07. The van der Waals surface area contributed by atoms with Gasteiger partial charge in [-0.2, -0.15) is 0 Å². The van der Waals surface area contributed by atoms with Crippen molar-refractivity contribution in [1.82, 2.24) is 0 Å². The van der Waals surface area contributed by atoms with Crippen LogP contribution in [0.1, 0.15) is 22.9 Å². The Bertz CT molecular complexity index is 1180. The molecule has 3 aromatic rings. The minimum absolute atomic E-state index is 0.0488. The van der Waals surface area contributed by atoms with Crippen LogP contribution in [-0.4, -0.2) is 31.0 Å². The van der Waals surface area contributed by atoms with Crippen LogP contribution < -0.4 is 14.4 Å². The Morgan fingerprint density at radius 3 is 2.48 bits per heavy atom. The van der Waals surface area contributed by atoms with Gasteiger partial charge in [0.25, 0.3) is 11.7 Å². The molecule has 0 aliphatic carbocycles. The number of aliphatic hydroxyl groups is 1. The van der Waals surface area contributed by atoms with Crippen LogP contribution in [0.2, 0.25) is 0 Å². The number of aliphatic hydroxyl groups excluding tert-OH is 1. The molecule has 1 unspecified atom stereocenters. The minimum atomic E-state index is -0.926. The summed E-state index contributed by atoms with van der Waals surface area (Å²) >= 11 is 0. The molecule has 4 rings (SSSR count). The number of nitrogens with zero attached hydrogens (tertiary/aromatic N) is 1. The predicted octanol–water partition coefficient (Wildman–Crippen LogP) is 4.23. The number of aryl methyl sites for hydroxylation is 1. The van der Waals surface area contributed by atoms with Crippen molar-refractivity contribution in [2.75, 3.05) is 19.1 Å². The van der Waals surface area contributed by atoms with Crippen molar-refractivity contribution >= 4 is 23.1 Å². The minimum Gasteiger partial charge on any atom is -0.507 e. The highest BCUT2D eigenvalue weighted by Gasteiger charge is 2.48. The summed E-state index contributed by atoms with van der Waals surface area (Å²) in [5.41, 5.74) is 1.58. The zero-order chi connectivity index (χ0) is 22.1. The van der Waals surface area contributed by atoms with Gasteiger partial charge in [0.1, 0.15) is 29.1 Å². The second-order valence-electron chi connectivity index (χ2n) is 7.07. The molecule has 1 aliphatic rings. The van der Waals surface area contributed by atoms with Gasteiger partial charge in [-0.1, -0.05) is 6.07 Å². The Kier molecular flexibility index (Phi) is 5.25. The smallest absolute Gasteiger partial charge is 0.300 e. The average molecular weight is 419 g/mol. The van der Waals surface area contributed by atoms with E-state index in [0.29, 0.717) is 28.5 Å². The van der Waals surface area contributed by atoms with E-state index in [0.717, 1.165) is 5.56 Å². The SMILES string of the molecule is COc1cccc(N2C(=O)C(=O)/C(=C(\O)c3ccc(OC)c(C)c3)C2c2ccco2)c1. The van der Waals surface area contributed by atoms with Gasteiger partial charge in [-0.15, -0.1) is 0 Å². The highest BCUT2D eigenvalue weighted by atomic mass is 16.5. The molecule has 1 saturated heterocycles. The average Bonchev–Trinajstić information content (AvgIpc) is 3.40. The topological polar surface area (TPSA) is 89.2 Å². The van der Waals surface area contributed by atoms with Crippen molar-refractivity contribution in [2.24, 2.45) is 0 Å². The molecule has 0 spiro atoms. The normalized spacial score (nSPS) is 17.8. The molecule has 2 heterocycles. The molecule has 0 saturated carbocycles. The molecular formula is C24H21NO6. The Labute approximate surface area is 179 Å². The molecule has 1 amide bonds. The first-order valence-electron chi connectivity index (χ1n) is 9.59. The Morgan fingerprint density at radius 1 is 1.03 bits per heavy atom. The number of rotatable bonds is 5. The lowest BCUT2D eigenvalue weighted by Crippen LogP contribution is -2.29. The summed E-state index contributed by atoms with van der Waals surface area (Å²) in [5.74, 6) is -0.305. The zero-order valence-electron chi connectivity index (χ0n) is 17.3. The van der Waals surface area contributed by atoms with Crippen LogP contribution in [0.5, 0.6) is 11.5 Å². The van der Waals surface area contributed by atoms with E-state index in [9.17, 15) is 14.7 Å². The fraction of sp³-hybridized carbons (Fsp3) is 0.167. The molecule has 7 nitrogen and oxygen atoms in total. The summed E-state index contributed by atoms with van der Waals surface area (Å²) in [6, 6.07) is 14.2. The summed E-state index contributed by atoms with van der Waals surface area (Å²) in [4.78, 5) is 27.4. The summed E-state index contributed by atoms with van der Waals surface area (Å²) in [6.45, 7) is 1.83. The number of anilines is 1. The van der Waals surface area contributed by atoms with Gasteiger partial charge in [-0.05, 0) is 55.0 Å². The van der Waals surface area contributed by atoms with Gasteiger partial charge >= 0.3 is 0 Å². The first kappa shape index (κ1) is 20.3. The second-order valence-corrected chi connectivity index (χ2v) is 7.07. The number of hydrogen-bond donors (Lipinski definition) is 1. The van der Waals surface area contributed by atoms with Crippen molar-refractivity contribution in [3.8, 4) is 11.5 Å². The molecule has 158 valence electrons. The van der Waals surface area contributed by atoms with E-state index in [1.54, 1.807) is 61.7 Å². The molecule has 0 radical (unpaired) electrons. The van der Waals surface area contributed by atoms with Crippen LogP contribution in [0.25, 0.3) is 5.76 Å². The quantitative estimate of drug-likeness (QED) is 0.378.